The molecule has 1 aliphatic rings. The predicted octanol–water partition coefficient (Wildman–Crippen LogP) is 3.98. The molecule has 0 aliphatic carbocycles. The van der Waals surface area contributed by atoms with E-state index in [0.717, 1.165) is 39.2 Å². The van der Waals surface area contributed by atoms with Gasteiger partial charge in [0.1, 0.15) is 0 Å². The van der Waals surface area contributed by atoms with E-state index < -0.39 is 0 Å². The van der Waals surface area contributed by atoms with E-state index in [2.05, 4.69) is 61.0 Å². The fourth-order valence-electron chi connectivity index (χ4n) is 4.15. The fourth-order valence-corrected chi connectivity index (χ4v) is 5.14. The molecule has 0 N–H and O–H groups in total. The summed E-state index contributed by atoms with van der Waals surface area (Å²) >= 11 is 1.46. The molecule has 4 aromatic rings. The highest BCUT2D eigenvalue weighted by Crippen LogP contribution is 2.25. The molecule has 0 radical (unpaired) electrons. The normalized spacial score (nSPS) is 15.4. The van der Waals surface area contributed by atoms with E-state index in [1.807, 2.05) is 6.08 Å². The maximum Gasteiger partial charge on any atom is 0.274 e. The van der Waals surface area contributed by atoms with Gasteiger partial charge in [0.15, 0.2) is 4.96 Å². The quantitative estimate of drug-likeness (QED) is 0.520. The van der Waals surface area contributed by atoms with E-state index in [1.165, 1.54) is 46.6 Å². The van der Waals surface area contributed by atoms with E-state index >= 15 is 0 Å². The van der Waals surface area contributed by atoms with Crippen LogP contribution in [0.5, 0.6) is 0 Å². The second-order valence-electron chi connectivity index (χ2n) is 7.81. The lowest BCUT2D eigenvalue weighted by Gasteiger charge is -2.20. The third-order valence-corrected chi connectivity index (χ3v) is 6.79. The Morgan fingerprint density at radius 2 is 1.75 bits per heavy atom. The maximum absolute atomic E-state index is 13.1. The van der Waals surface area contributed by atoms with Gasteiger partial charge in [0.05, 0.1) is 15.6 Å². The van der Waals surface area contributed by atoms with Crippen molar-refractivity contribution in [1.29, 1.82) is 0 Å². The van der Waals surface area contributed by atoms with Crippen LogP contribution in [0.25, 0.3) is 22.1 Å². The molecule has 4 nitrogen and oxygen atoms in total. The van der Waals surface area contributed by atoms with Gasteiger partial charge in [-0.1, -0.05) is 17.4 Å². The number of imidazole rings is 1. The minimum absolute atomic E-state index is 0.0204. The predicted molar refractivity (Wildman–Crippen MR) is 118 cm³/mol. The summed E-state index contributed by atoms with van der Waals surface area (Å²) in [6.07, 6.45) is 4.54. The molecule has 0 saturated carbocycles. The van der Waals surface area contributed by atoms with Crippen LogP contribution in [0, 0.1) is 20.8 Å². The van der Waals surface area contributed by atoms with Gasteiger partial charge in [0, 0.05) is 18.8 Å². The Kier molecular flexibility index (Phi) is 4.02. The summed E-state index contributed by atoms with van der Waals surface area (Å²) in [5.74, 6) is 0. The highest BCUT2D eigenvalue weighted by atomic mass is 32.1. The first-order valence-electron chi connectivity index (χ1n) is 9.81. The van der Waals surface area contributed by atoms with Crippen LogP contribution in [0.3, 0.4) is 0 Å². The average molecular weight is 390 g/mol. The Morgan fingerprint density at radius 3 is 2.50 bits per heavy atom. The summed E-state index contributed by atoms with van der Waals surface area (Å²) in [5.41, 5.74) is 7.84. The van der Waals surface area contributed by atoms with Gasteiger partial charge in [0.25, 0.3) is 5.56 Å². The van der Waals surface area contributed by atoms with E-state index in [1.54, 1.807) is 4.40 Å². The molecule has 3 heterocycles. The molecule has 2 aromatic heterocycles. The van der Waals surface area contributed by atoms with E-state index in [9.17, 15) is 4.79 Å². The van der Waals surface area contributed by atoms with Crippen molar-refractivity contribution in [2.24, 2.45) is 0 Å². The number of nitrogens with zero attached hydrogens (tertiary/aromatic N) is 3. The van der Waals surface area contributed by atoms with Crippen molar-refractivity contribution in [2.45, 2.75) is 33.6 Å². The molecule has 0 atom stereocenters. The zero-order valence-electron chi connectivity index (χ0n) is 16.5. The van der Waals surface area contributed by atoms with Gasteiger partial charge < -0.3 is 4.90 Å². The Balaban J connectivity index is 1.62. The lowest BCUT2D eigenvalue weighted by atomic mass is 10.1. The first kappa shape index (κ1) is 17.4. The molecule has 1 fully saturated rings. The van der Waals surface area contributed by atoms with E-state index in [0.29, 0.717) is 0 Å². The molecule has 0 unspecified atom stereocenters. The molecule has 1 saturated heterocycles. The second kappa shape index (κ2) is 6.45. The Bertz CT molecular complexity index is 1330. The van der Waals surface area contributed by atoms with Gasteiger partial charge in [-0.2, -0.15) is 0 Å². The molecule has 5 rings (SSSR count). The lowest BCUT2D eigenvalue weighted by molar-refractivity contribution is 0.949. The summed E-state index contributed by atoms with van der Waals surface area (Å²) in [4.78, 5) is 21.0. The van der Waals surface area contributed by atoms with E-state index in [-0.39, 0.29) is 5.56 Å². The standard InChI is InChI=1S/C23H23N3OS/c1-14-11-18-20(12-15(14)2)26-22(27)21(28-23(26)24-18)13-17-6-7-19(16(3)10-17)25-8-4-5-9-25/h6-7,10-13H,4-5,8-9H2,1-3H3. The number of aromatic nitrogens is 2. The largest absolute Gasteiger partial charge is 0.371 e. The molecule has 0 bridgehead atoms. The second-order valence-corrected chi connectivity index (χ2v) is 8.82. The first-order valence-corrected chi connectivity index (χ1v) is 10.6. The molecule has 1 aliphatic heterocycles. The van der Waals surface area contributed by atoms with Crippen LogP contribution in [0.2, 0.25) is 0 Å². The van der Waals surface area contributed by atoms with Crippen LogP contribution in [0.1, 0.15) is 35.1 Å². The summed E-state index contributed by atoms with van der Waals surface area (Å²) in [7, 11) is 0. The molecule has 142 valence electrons. The summed E-state index contributed by atoms with van der Waals surface area (Å²) < 4.78 is 2.49. The summed E-state index contributed by atoms with van der Waals surface area (Å²) in [6, 6.07) is 10.6. The van der Waals surface area contributed by atoms with Gasteiger partial charge in [-0.05, 0) is 86.2 Å². The van der Waals surface area contributed by atoms with Gasteiger partial charge >= 0.3 is 0 Å². The molecular formula is C23H23N3OS. The number of anilines is 1. The lowest BCUT2D eigenvalue weighted by Crippen LogP contribution is -2.22. The average Bonchev–Trinajstić information content (AvgIpc) is 3.35. The minimum Gasteiger partial charge on any atom is -0.371 e. The molecule has 5 heteroatoms. The number of hydrogen-bond donors (Lipinski definition) is 0. The van der Waals surface area contributed by atoms with Crippen LogP contribution >= 0.6 is 11.3 Å². The maximum atomic E-state index is 13.1. The van der Waals surface area contributed by atoms with Crippen LogP contribution < -0.4 is 15.0 Å². The summed E-state index contributed by atoms with van der Waals surface area (Å²) in [5, 5.41) is 0. The van der Waals surface area contributed by atoms with Crippen LogP contribution in [0.15, 0.2) is 35.1 Å². The van der Waals surface area contributed by atoms with Crippen molar-refractivity contribution >= 4 is 39.1 Å². The number of hydrogen-bond acceptors (Lipinski definition) is 4. The Labute approximate surface area is 167 Å². The number of benzene rings is 2. The first-order chi connectivity index (χ1) is 13.5. The van der Waals surface area contributed by atoms with Gasteiger partial charge in [-0.3, -0.25) is 4.79 Å². The SMILES string of the molecule is Cc1cc2nc3sc(=Cc4ccc(N5CCCC5)c(C)c4)c(=O)n3c2cc1C. The third-order valence-electron chi connectivity index (χ3n) is 5.82. The molecule has 0 spiro atoms. The fraction of sp³-hybridized carbons (Fsp3) is 0.304. The Hall–Kier alpha value is -2.66. The zero-order chi connectivity index (χ0) is 19.4. The van der Waals surface area contributed by atoms with Crippen molar-refractivity contribution in [1.82, 2.24) is 9.38 Å². The van der Waals surface area contributed by atoms with Crippen molar-refractivity contribution in [3.8, 4) is 0 Å². The zero-order valence-corrected chi connectivity index (χ0v) is 17.3. The number of fused-ring (bicyclic) bond motifs is 3. The number of aryl methyl sites for hydroxylation is 3. The topological polar surface area (TPSA) is 37.6 Å². The molecule has 0 amide bonds. The van der Waals surface area contributed by atoms with Gasteiger partial charge in [-0.15, -0.1) is 0 Å². The van der Waals surface area contributed by atoms with Crippen LogP contribution in [0.4, 0.5) is 5.69 Å². The smallest absolute Gasteiger partial charge is 0.274 e. The van der Waals surface area contributed by atoms with Crippen molar-refractivity contribution in [3.63, 3.8) is 0 Å². The summed E-state index contributed by atoms with van der Waals surface area (Å²) in [6.45, 7) is 8.59. The third kappa shape index (κ3) is 2.73. The van der Waals surface area contributed by atoms with Crippen molar-refractivity contribution in [2.75, 3.05) is 18.0 Å². The highest BCUT2D eigenvalue weighted by Gasteiger charge is 2.15. The van der Waals surface area contributed by atoms with Gasteiger partial charge in [0.2, 0.25) is 0 Å². The number of rotatable bonds is 2. The monoisotopic (exact) mass is 389 g/mol. The van der Waals surface area contributed by atoms with Crippen LogP contribution in [-0.4, -0.2) is 22.5 Å². The van der Waals surface area contributed by atoms with Crippen molar-refractivity contribution in [3.05, 3.63) is 67.5 Å². The van der Waals surface area contributed by atoms with E-state index in [4.69, 9.17) is 0 Å². The minimum atomic E-state index is 0.0204. The van der Waals surface area contributed by atoms with Crippen LogP contribution in [-0.2, 0) is 0 Å². The Morgan fingerprint density at radius 1 is 1.00 bits per heavy atom. The number of thiazole rings is 1. The highest BCUT2D eigenvalue weighted by molar-refractivity contribution is 7.15. The van der Waals surface area contributed by atoms with Gasteiger partial charge in [-0.25, -0.2) is 9.38 Å². The molecule has 28 heavy (non-hydrogen) atoms. The molecule has 2 aromatic carbocycles. The van der Waals surface area contributed by atoms with Crippen molar-refractivity contribution < 1.29 is 0 Å². The molecular weight excluding hydrogens is 366 g/mol.